The molecule has 2 aliphatic rings. The van der Waals surface area contributed by atoms with Crippen molar-refractivity contribution >= 4 is 43.6 Å². The molecular weight excluding hydrogens is 1110 g/mol. The maximum absolute atomic E-state index is 12.6. The molecule has 0 amide bonds. The quantitative estimate of drug-likeness (QED) is 0.127. The Kier molecular flexibility index (Phi) is 12.9. The van der Waals surface area contributed by atoms with Gasteiger partial charge in [0.25, 0.3) is 0 Å². The lowest BCUT2D eigenvalue weighted by molar-refractivity contribution is 0.401. The summed E-state index contributed by atoms with van der Waals surface area (Å²) in [7, 11) is 0. The standard InChI is InChI=1S/C89H67N3/c1-88(2)56-89(3,4)85-79(55-90)87(92-82-47-39-67(61-31-19-9-20-32-61)53-77(82)78-54-68(40-48-83(78)92)62-33-21-10-22-34-62)86(91-80-45-37-65(59-27-15-7-16-28-59)51-75(80)76-52-66(38-46-81(76)91)60-29-17-8-18-30-60)72(84(85)88)44-43-69-70-41-35-63(57-23-11-5-12-24-57)49-73(70)74-50-64(36-42-71(69)74)58-25-13-6-14-26-58/h5-42,45-54,69H,43-44,56H2,1-4H3. The van der Waals surface area contributed by atoms with Gasteiger partial charge in [-0.2, -0.15) is 5.26 Å². The van der Waals surface area contributed by atoms with Gasteiger partial charge in [-0.05, 0) is 196 Å². The van der Waals surface area contributed by atoms with E-state index in [4.69, 9.17) is 0 Å². The fourth-order valence-corrected chi connectivity index (χ4v) is 16.6. The van der Waals surface area contributed by atoms with Crippen LogP contribution in [0.2, 0.25) is 0 Å². The van der Waals surface area contributed by atoms with E-state index < -0.39 is 0 Å². The van der Waals surface area contributed by atoms with Crippen molar-refractivity contribution in [3.05, 3.63) is 325 Å². The van der Waals surface area contributed by atoms with E-state index in [0.29, 0.717) is 0 Å². The number of hydrogen-bond acceptors (Lipinski definition) is 1. The van der Waals surface area contributed by atoms with E-state index in [-0.39, 0.29) is 16.7 Å². The van der Waals surface area contributed by atoms with Crippen LogP contribution < -0.4 is 0 Å². The van der Waals surface area contributed by atoms with Crippen molar-refractivity contribution in [3.63, 3.8) is 0 Å². The van der Waals surface area contributed by atoms with Crippen LogP contribution in [0, 0.1) is 11.3 Å². The molecule has 2 heterocycles. The normalized spacial score (nSPS) is 13.8. The van der Waals surface area contributed by atoms with E-state index in [1.807, 2.05) is 0 Å². The van der Waals surface area contributed by atoms with Crippen molar-refractivity contribution in [2.24, 2.45) is 0 Å². The minimum Gasteiger partial charge on any atom is -0.307 e. The molecular formula is C89H67N3. The first-order valence-corrected chi connectivity index (χ1v) is 32.5. The molecule has 3 nitrogen and oxygen atoms in total. The third-order valence-electron chi connectivity index (χ3n) is 20.3. The van der Waals surface area contributed by atoms with Gasteiger partial charge in [-0.25, -0.2) is 0 Å². The number of rotatable bonds is 11. The lowest BCUT2D eigenvalue weighted by Gasteiger charge is -2.30. The van der Waals surface area contributed by atoms with Crippen LogP contribution in [-0.4, -0.2) is 9.13 Å². The average molecular weight is 1180 g/mol. The Morgan fingerprint density at radius 3 is 0.957 bits per heavy atom. The molecule has 13 aromatic carbocycles. The molecule has 0 atom stereocenters. The van der Waals surface area contributed by atoms with E-state index in [0.717, 1.165) is 102 Å². The molecule has 0 unspecified atom stereocenters. The highest BCUT2D eigenvalue weighted by molar-refractivity contribution is 6.15. The minimum absolute atomic E-state index is 0.0934. The molecule has 92 heavy (non-hydrogen) atoms. The second kappa shape index (κ2) is 21.6. The summed E-state index contributed by atoms with van der Waals surface area (Å²) in [6, 6.07) is 111. The molecule has 0 saturated heterocycles. The largest absolute Gasteiger partial charge is 0.307 e. The Hall–Kier alpha value is -11.1. The SMILES string of the molecule is CC1(C)CC(C)(C)c2c(CCC3c4ccc(-c5ccccc5)cc4-c4cc(-c5ccccc5)ccc43)c(-n3c4ccc(-c5ccccc5)cc4c4cc(-c5ccccc5)ccc43)c(-n3c4ccc(-c5ccccc5)cc4c4cc(-c5ccccc5)ccc43)c(C#N)c21. The van der Waals surface area contributed by atoms with Crippen LogP contribution >= 0.6 is 0 Å². The van der Waals surface area contributed by atoms with Crippen LogP contribution in [0.15, 0.2) is 291 Å². The molecule has 0 radical (unpaired) electrons. The van der Waals surface area contributed by atoms with Gasteiger partial charge in [-0.3, -0.25) is 0 Å². The van der Waals surface area contributed by atoms with Gasteiger partial charge in [0.15, 0.2) is 0 Å². The predicted octanol–water partition coefficient (Wildman–Crippen LogP) is 23.5. The van der Waals surface area contributed by atoms with Crippen molar-refractivity contribution in [2.75, 3.05) is 0 Å². The summed E-state index contributed by atoms with van der Waals surface area (Å²) in [6.45, 7) is 9.69. The highest BCUT2D eigenvalue weighted by Gasteiger charge is 2.48. The third kappa shape index (κ3) is 8.92. The highest BCUT2D eigenvalue weighted by atomic mass is 15.1. The molecule has 438 valence electrons. The summed E-state index contributed by atoms with van der Waals surface area (Å²) in [5.74, 6) is 0.0934. The molecule has 0 fully saturated rings. The van der Waals surface area contributed by atoms with E-state index >= 15 is 0 Å². The minimum atomic E-state index is -0.351. The van der Waals surface area contributed by atoms with Gasteiger partial charge in [0.1, 0.15) is 6.07 Å². The average Bonchev–Trinajstić information content (AvgIpc) is 1.50. The van der Waals surface area contributed by atoms with E-state index in [9.17, 15) is 5.26 Å². The highest BCUT2D eigenvalue weighted by Crippen LogP contribution is 2.58. The zero-order valence-electron chi connectivity index (χ0n) is 52.3. The molecule has 3 heteroatoms. The van der Waals surface area contributed by atoms with Crippen molar-refractivity contribution in [1.29, 1.82) is 5.26 Å². The Balaban J connectivity index is 0.993. The number of hydrogen-bond donors (Lipinski definition) is 0. The topological polar surface area (TPSA) is 33.6 Å². The Morgan fingerprint density at radius 1 is 0.337 bits per heavy atom. The lowest BCUT2D eigenvalue weighted by Crippen LogP contribution is -2.20. The number of benzene rings is 13. The summed E-state index contributed by atoms with van der Waals surface area (Å²) >= 11 is 0. The Morgan fingerprint density at radius 2 is 0.630 bits per heavy atom. The van der Waals surface area contributed by atoms with Crippen LogP contribution in [0.4, 0.5) is 0 Å². The van der Waals surface area contributed by atoms with Crippen LogP contribution in [-0.2, 0) is 17.3 Å². The van der Waals surface area contributed by atoms with E-state index in [1.165, 1.54) is 83.1 Å². The zero-order valence-corrected chi connectivity index (χ0v) is 52.3. The Bertz CT molecular complexity index is 5170. The van der Waals surface area contributed by atoms with Crippen LogP contribution in [0.25, 0.3) is 133 Å². The monoisotopic (exact) mass is 1180 g/mol. The molecule has 17 rings (SSSR count). The van der Waals surface area contributed by atoms with Crippen LogP contribution in [0.1, 0.15) is 79.8 Å². The van der Waals surface area contributed by atoms with Gasteiger partial charge < -0.3 is 9.13 Å². The maximum atomic E-state index is 12.6. The number of aromatic nitrogens is 2. The maximum Gasteiger partial charge on any atom is 0.102 e. The second-order valence-corrected chi connectivity index (χ2v) is 26.8. The molecule has 15 aromatic rings. The fraction of sp³-hybridized carbons (Fsp3) is 0.112. The summed E-state index contributed by atoms with van der Waals surface area (Å²) in [4.78, 5) is 0. The first kappa shape index (κ1) is 55.1. The van der Waals surface area contributed by atoms with Gasteiger partial charge in [0.05, 0.1) is 39.0 Å². The second-order valence-electron chi connectivity index (χ2n) is 26.8. The van der Waals surface area contributed by atoms with Gasteiger partial charge in [0, 0.05) is 27.5 Å². The van der Waals surface area contributed by atoms with Crippen molar-refractivity contribution in [2.45, 2.75) is 63.7 Å². The fourth-order valence-electron chi connectivity index (χ4n) is 16.6. The summed E-state index contributed by atoms with van der Waals surface area (Å²) in [5.41, 5.74) is 29.7. The van der Waals surface area contributed by atoms with E-state index in [2.05, 4.69) is 334 Å². The molecule has 2 aromatic heterocycles. The lowest BCUT2D eigenvalue weighted by atomic mass is 9.78. The third-order valence-corrected chi connectivity index (χ3v) is 20.3. The summed E-state index contributed by atoms with van der Waals surface area (Å²) in [6.07, 6.45) is 2.48. The van der Waals surface area contributed by atoms with Crippen molar-refractivity contribution in [3.8, 4) is 95.3 Å². The van der Waals surface area contributed by atoms with Gasteiger partial charge in [0.2, 0.25) is 0 Å². The van der Waals surface area contributed by atoms with Gasteiger partial charge in [-0.1, -0.05) is 258 Å². The molecule has 0 N–H and O–H groups in total. The molecule has 2 aliphatic carbocycles. The van der Waals surface area contributed by atoms with Crippen molar-refractivity contribution in [1.82, 2.24) is 9.13 Å². The first-order valence-electron chi connectivity index (χ1n) is 32.5. The summed E-state index contributed by atoms with van der Waals surface area (Å²) < 4.78 is 5.11. The summed E-state index contributed by atoms with van der Waals surface area (Å²) in [5, 5.41) is 17.2. The molecule has 0 bridgehead atoms. The van der Waals surface area contributed by atoms with Crippen LogP contribution in [0.5, 0.6) is 0 Å². The molecule has 0 saturated carbocycles. The smallest absolute Gasteiger partial charge is 0.102 e. The predicted molar refractivity (Wildman–Crippen MR) is 385 cm³/mol. The van der Waals surface area contributed by atoms with Crippen LogP contribution in [0.3, 0.4) is 0 Å². The zero-order chi connectivity index (χ0) is 61.8. The first-order chi connectivity index (χ1) is 45.1. The number of nitrogens with zero attached hydrogens (tertiary/aromatic N) is 3. The molecule has 0 spiro atoms. The van der Waals surface area contributed by atoms with E-state index in [1.54, 1.807) is 0 Å². The number of nitriles is 1. The Labute approximate surface area is 538 Å². The van der Waals surface area contributed by atoms with Gasteiger partial charge in [-0.15, -0.1) is 0 Å². The number of fused-ring (bicyclic) bond motifs is 10. The van der Waals surface area contributed by atoms with Gasteiger partial charge >= 0.3 is 0 Å². The molecule has 0 aliphatic heterocycles. The van der Waals surface area contributed by atoms with Crippen molar-refractivity contribution < 1.29 is 0 Å².